The van der Waals surface area contributed by atoms with E-state index in [-0.39, 0.29) is 34.9 Å². The number of ether oxygens (including phenoxy) is 1. The molecule has 0 bridgehead atoms. The number of hydrogen-bond donors (Lipinski definition) is 0. The van der Waals surface area contributed by atoms with Crippen molar-refractivity contribution in [1.82, 2.24) is 5.06 Å². The van der Waals surface area contributed by atoms with Crippen molar-refractivity contribution < 1.29 is 23.6 Å². The maximum Gasteiger partial charge on any atom is 0.261 e. The number of carbonyl (C=O) groups is 2. The van der Waals surface area contributed by atoms with Crippen molar-refractivity contribution in [2.45, 2.75) is 90.4 Å². The zero-order valence-electron chi connectivity index (χ0n) is 25.5. The molecule has 4 atom stereocenters. The van der Waals surface area contributed by atoms with Gasteiger partial charge in [0.25, 0.3) is 8.32 Å². The van der Waals surface area contributed by atoms with Crippen LogP contribution in [0, 0.1) is 11.8 Å². The average molecular weight is 568 g/mol. The van der Waals surface area contributed by atoms with E-state index in [0.717, 1.165) is 25.7 Å². The third kappa shape index (κ3) is 7.90. The Morgan fingerprint density at radius 1 is 1.02 bits per heavy atom. The minimum absolute atomic E-state index is 0.0251. The normalized spacial score (nSPS) is 19.4. The molecule has 2 unspecified atom stereocenters. The first-order valence-corrected chi connectivity index (χ1v) is 16.6. The highest BCUT2D eigenvalue weighted by Crippen LogP contribution is 2.37. The molecule has 6 nitrogen and oxygen atoms in total. The molecule has 7 heteroatoms. The predicted molar refractivity (Wildman–Crippen MR) is 163 cm³/mol. The topological polar surface area (TPSA) is 65.1 Å². The molecule has 0 spiro atoms. The standard InChI is InChI=1S/C33H49NO5Si/c1-25(23-26(2)32(36)34(6)37-7)20-21-31-30(35)24-27(39-31)15-14-22-38-40(33(3,4)5,28-16-10-8-11-17-28)29-18-12-9-13-19-29/h8-13,16-19,25-27,31H,14-15,20-24H2,1-7H3/t25-,26?,27+,31?/m1/s1. The number of carbonyl (C=O) groups excluding carboxylic acids is 2. The summed E-state index contributed by atoms with van der Waals surface area (Å²) in [5.41, 5.74) is 0. The molecule has 0 aliphatic carbocycles. The van der Waals surface area contributed by atoms with E-state index >= 15 is 0 Å². The van der Waals surface area contributed by atoms with Gasteiger partial charge in [-0.15, -0.1) is 0 Å². The summed E-state index contributed by atoms with van der Waals surface area (Å²) in [4.78, 5) is 30.0. The summed E-state index contributed by atoms with van der Waals surface area (Å²) < 4.78 is 13.2. The summed E-state index contributed by atoms with van der Waals surface area (Å²) in [6, 6.07) is 21.4. The summed E-state index contributed by atoms with van der Waals surface area (Å²) in [6.07, 6.45) is 4.07. The molecule has 0 aromatic heterocycles. The van der Waals surface area contributed by atoms with E-state index < -0.39 is 8.32 Å². The van der Waals surface area contributed by atoms with E-state index in [4.69, 9.17) is 14.0 Å². The van der Waals surface area contributed by atoms with Gasteiger partial charge in [-0.2, -0.15) is 0 Å². The lowest BCUT2D eigenvalue weighted by molar-refractivity contribution is -0.173. The maximum absolute atomic E-state index is 12.7. The predicted octanol–water partition coefficient (Wildman–Crippen LogP) is 5.53. The molecule has 2 aromatic rings. The SMILES string of the molecule is CON(C)C(=O)C(C)C[C@H](C)CCC1O[C@@H](CCCO[Si](c2ccccc2)(c2ccccc2)C(C)(C)C)CC1=O. The number of benzene rings is 2. The number of rotatable bonds is 14. The lowest BCUT2D eigenvalue weighted by atomic mass is 9.91. The van der Waals surface area contributed by atoms with E-state index in [0.29, 0.717) is 25.4 Å². The van der Waals surface area contributed by atoms with Gasteiger partial charge in [-0.05, 0) is 53.4 Å². The average Bonchev–Trinajstić information content (AvgIpc) is 3.30. The highest BCUT2D eigenvalue weighted by molar-refractivity contribution is 6.99. The minimum atomic E-state index is -2.55. The Labute approximate surface area is 242 Å². The van der Waals surface area contributed by atoms with Gasteiger partial charge in [-0.25, -0.2) is 5.06 Å². The highest BCUT2D eigenvalue weighted by atomic mass is 28.4. The third-order valence-corrected chi connectivity index (χ3v) is 13.3. The molecule has 3 rings (SSSR count). The molecule has 1 aliphatic rings. The molecule has 0 N–H and O–H groups in total. The molecule has 2 aromatic carbocycles. The van der Waals surface area contributed by atoms with Gasteiger partial charge < -0.3 is 9.16 Å². The van der Waals surface area contributed by atoms with Crippen LogP contribution < -0.4 is 10.4 Å². The Hall–Kier alpha value is -2.32. The van der Waals surface area contributed by atoms with Gasteiger partial charge >= 0.3 is 0 Å². The van der Waals surface area contributed by atoms with Crippen LogP contribution in [-0.4, -0.2) is 58.0 Å². The summed E-state index contributed by atoms with van der Waals surface area (Å²) >= 11 is 0. The van der Waals surface area contributed by atoms with Gasteiger partial charge in [-0.3, -0.25) is 14.4 Å². The van der Waals surface area contributed by atoms with E-state index in [2.05, 4.69) is 88.4 Å². The smallest absolute Gasteiger partial charge is 0.261 e. The maximum atomic E-state index is 12.7. The Morgan fingerprint density at radius 3 is 2.12 bits per heavy atom. The molecular weight excluding hydrogens is 518 g/mol. The molecule has 1 amide bonds. The molecule has 0 radical (unpaired) electrons. The molecule has 1 aliphatic heterocycles. The number of ketones is 1. The van der Waals surface area contributed by atoms with Gasteiger partial charge in [0, 0.05) is 26.0 Å². The Bertz CT molecular complexity index is 1030. The van der Waals surface area contributed by atoms with Crippen LogP contribution in [0.15, 0.2) is 60.7 Å². The minimum Gasteiger partial charge on any atom is -0.407 e. The first-order valence-electron chi connectivity index (χ1n) is 14.7. The largest absolute Gasteiger partial charge is 0.407 e. The number of nitrogens with zero attached hydrogens (tertiary/aromatic N) is 1. The zero-order chi connectivity index (χ0) is 29.3. The molecule has 1 saturated heterocycles. The van der Waals surface area contributed by atoms with Gasteiger partial charge in [0.1, 0.15) is 6.10 Å². The first kappa shape index (κ1) is 32.2. The third-order valence-electron chi connectivity index (χ3n) is 8.23. The van der Waals surface area contributed by atoms with Crippen LogP contribution in [0.1, 0.15) is 73.1 Å². The lowest BCUT2D eigenvalue weighted by Gasteiger charge is -2.43. The number of hydrogen-bond acceptors (Lipinski definition) is 5. The number of Topliss-reactive ketones (excluding diaryl/α,β-unsaturated/α-hetero) is 1. The van der Waals surface area contributed by atoms with E-state index in [9.17, 15) is 9.59 Å². The van der Waals surface area contributed by atoms with Crippen molar-refractivity contribution in [3.05, 3.63) is 60.7 Å². The molecule has 220 valence electrons. The summed E-state index contributed by atoms with van der Waals surface area (Å²) in [6.45, 7) is 11.6. The van der Waals surface area contributed by atoms with Crippen molar-refractivity contribution in [1.29, 1.82) is 0 Å². The zero-order valence-corrected chi connectivity index (χ0v) is 26.5. The van der Waals surface area contributed by atoms with Crippen LogP contribution in [0.4, 0.5) is 0 Å². The van der Waals surface area contributed by atoms with Crippen LogP contribution >= 0.6 is 0 Å². The Balaban J connectivity index is 1.54. The van der Waals surface area contributed by atoms with Crippen molar-refractivity contribution >= 4 is 30.4 Å². The van der Waals surface area contributed by atoms with Crippen molar-refractivity contribution in [2.75, 3.05) is 20.8 Å². The van der Waals surface area contributed by atoms with Crippen molar-refractivity contribution in [3.63, 3.8) is 0 Å². The Morgan fingerprint density at radius 2 is 1.60 bits per heavy atom. The second-order valence-electron chi connectivity index (χ2n) is 12.4. The van der Waals surface area contributed by atoms with Crippen LogP contribution in [0.5, 0.6) is 0 Å². The quantitative estimate of drug-likeness (QED) is 0.171. The molecular formula is C33H49NO5Si. The summed E-state index contributed by atoms with van der Waals surface area (Å²) in [5, 5.41) is 3.78. The fraction of sp³-hybridized carbons (Fsp3) is 0.576. The van der Waals surface area contributed by atoms with Crippen LogP contribution in [0.25, 0.3) is 0 Å². The van der Waals surface area contributed by atoms with E-state index in [1.165, 1.54) is 22.5 Å². The van der Waals surface area contributed by atoms with Crippen LogP contribution in [-0.2, 0) is 23.6 Å². The second kappa shape index (κ2) is 14.5. The van der Waals surface area contributed by atoms with Gasteiger partial charge in [0.15, 0.2) is 5.78 Å². The van der Waals surface area contributed by atoms with Crippen LogP contribution in [0.2, 0.25) is 5.04 Å². The molecule has 1 fully saturated rings. The summed E-state index contributed by atoms with van der Waals surface area (Å²) in [5.74, 6) is 0.374. The highest BCUT2D eigenvalue weighted by Gasteiger charge is 2.50. The fourth-order valence-electron chi connectivity index (χ4n) is 6.07. The van der Waals surface area contributed by atoms with Gasteiger partial charge in [0.05, 0.1) is 13.2 Å². The number of amides is 1. The number of hydroxylamine groups is 2. The Kier molecular flexibility index (Phi) is 11.7. The van der Waals surface area contributed by atoms with E-state index in [1.807, 2.05) is 6.92 Å². The first-order chi connectivity index (χ1) is 19.0. The molecule has 1 heterocycles. The van der Waals surface area contributed by atoms with E-state index in [1.54, 1.807) is 7.05 Å². The summed E-state index contributed by atoms with van der Waals surface area (Å²) in [7, 11) is 0.576. The van der Waals surface area contributed by atoms with Crippen molar-refractivity contribution in [2.24, 2.45) is 11.8 Å². The lowest BCUT2D eigenvalue weighted by Crippen LogP contribution is -2.66. The fourth-order valence-corrected chi connectivity index (χ4v) is 10.7. The van der Waals surface area contributed by atoms with Crippen LogP contribution in [0.3, 0.4) is 0 Å². The van der Waals surface area contributed by atoms with Gasteiger partial charge in [0.2, 0.25) is 5.91 Å². The monoisotopic (exact) mass is 567 g/mol. The molecule has 0 saturated carbocycles. The molecule has 40 heavy (non-hydrogen) atoms. The van der Waals surface area contributed by atoms with Gasteiger partial charge in [-0.1, -0.05) is 95.3 Å². The second-order valence-corrected chi connectivity index (χ2v) is 16.7. The van der Waals surface area contributed by atoms with Crippen molar-refractivity contribution in [3.8, 4) is 0 Å².